The molecule has 4 nitrogen and oxygen atoms in total. The average molecular weight is 212 g/mol. The van der Waals surface area contributed by atoms with Crippen molar-refractivity contribution in [2.24, 2.45) is 17.1 Å². The normalized spacial score (nSPS) is 25.3. The highest BCUT2D eigenvalue weighted by molar-refractivity contribution is 5.84. The van der Waals surface area contributed by atoms with Gasteiger partial charge in [-0.15, -0.1) is 0 Å². The summed E-state index contributed by atoms with van der Waals surface area (Å²) in [4.78, 5) is 14.1. The van der Waals surface area contributed by atoms with Gasteiger partial charge in [0.25, 0.3) is 0 Å². The molecule has 2 rings (SSSR count). The Kier molecular flexibility index (Phi) is 2.98. The molecule has 15 heavy (non-hydrogen) atoms. The van der Waals surface area contributed by atoms with E-state index in [1.165, 1.54) is 0 Å². The largest absolute Gasteiger partial charge is 0.396 e. The van der Waals surface area contributed by atoms with Gasteiger partial charge in [0.15, 0.2) is 0 Å². The number of nitrogens with zero attached hydrogens (tertiary/aromatic N) is 1. The van der Waals surface area contributed by atoms with E-state index < -0.39 is 0 Å². The zero-order valence-electron chi connectivity index (χ0n) is 9.11. The predicted octanol–water partition coefficient (Wildman–Crippen LogP) is -0.0438. The molecule has 2 fully saturated rings. The van der Waals surface area contributed by atoms with Crippen LogP contribution in [0.5, 0.6) is 0 Å². The van der Waals surface area contributed by atoms with Crippen molar-refractivity contribution in [3.8, 4) is 0 Å². The van der Waals surface area contributed by atoms with Crippen LogP contribution in [-0.4, -0.2) is 42.2 Å². The molecule has 1 saturated heterocycles. The van der Waals surface area contributed by atoms with E-state index in [2.05, 4.69) is 0 Å². The maximum atomic E-state index is 12.2. The smallest absolute Gasteiger partial charge is 0.230 e. The number of hydrogen-bond donors (Lipinski definition) is 2. The average Bonchev–Trinajstić information content (AvgIpc) is 2.65. The maximum absolute atomic E-state index is 12.2. The fraction of sp³-hybridized carbons (Fsp3) is 0.909. The molecule has 1 saturated carbocycles. The third-order valence-corrected chi connectivity index (χ3v) is 3.91. The van der Waals surface area contributed by atoms with E-state index in [1.807, 2.05) is 4.90 Å². The Labute approximate surface area is 90.4 Å². The molecule has 0 atom stereocenters. The molecule has 0 spiro atoms. The summed E-state index contributed by atoms with van der Waals surface area (Å²) in [5.41, 5.74) is 5.49. The molecule has 0 bridgehead atoms. The van der Waals surface area contributed by atoms with Crippen LogP contribution < -0.4 is 5.73 Å². The zero-order valence-corrected chi connectivity index (χ0v) is 9.11. The molecular formula is C11H20N2O2. The fourth-order valence-electron chi connectivity index (χ4n) is 2.74. The van der Waals surface area contributed by atoms with Crippen LogP contribution in [0.25, 0.3) is 0 Å². The molecule has 86 valence electrons. The van der Waals surface area contributed by atoms with Gasteiger partial charge in [0.05, 0.1) is 5.41 Å². The molecule has 0 aromatic heterocycles. The number of nitrogens with two attached hydrogens (primary N) is 1. The third-order valence-electron chi connectivity index (χ3n) is 3.91. The number of hydrogen-bond acceptors (Lipinski definition) is 3. The number of likely N-dealkylation sites (tertiary alicyclic amines) is 1. The Bertz CT molecular complexity index is 243. The van der Waals surface area contributed by atoms with Crippen molar-refractivity contribution in [1.29, 1.82) is 0 Å². The van der Waals surface area contributed by atoms with E-state index >= 15 is 0 Å². The van der Waals surface area contributed by atoms with Gasteiger partial charge in [0.1, 0.15) is 0 Å². The second kappa shape index (κ2) is 4.10. The summed E-state index contributed by atoms with van der Waals surface area (Å²) in [7, 11) is 0. The van der Waals surface area contributed by atoms with Crippen molar-refractivity contribution in [2.45, 2.75) is 25.7 Å². The van der Waals surface area contributed by atoms with E-state index in [1.54, 1.807) is 0 Å². The summed E-state index contributed by atoms with van der Waals surface area (Å²) in [5, 5.41) is 8.91. The van der Waals surface area contributed by atoms with E-state index in [4.69, 9.17) is 10.8 Å². The third kappa shape index (κ3) is 1.76. The van der Waals surface area contributed by atoms with Crippen molar-refractivity contribution >= 4 is 5.91 Å². The Hall–Kier alpha value is -0.610. The van der Waals surface area contributed by atoms with E-state index in [0.29, 0.717) is 12.5 Å². The van der Waals surface area contributed by atoms with Gasteiger partial charge in [-0.25, -0.2) is 0 Å². The highest BCUT2D eigenvalue weighted by Crippen LogP contribution is 2.40. The van der Waals surface area contributed by atoms with Gasteiger partial charge in [-0.1, -0.05) is 12.8 Å². The van der Waals surface area contributed by atoms with Crippen LogP contribution in [0.3, 0.4) is 0 Å². The van der Waals surface area contributed by atoms with Crippen molar-refractivity contribution < 1.29 is 9.90 Å². The summed E-state index contributed by atoms with van der Waals surface area (Å²) in [5.74, 6) is 0.525. The summed E-state index contributed by atoms with van der Waals surface area (Å²) in [6, 6.07) is 0. The van der Waals surface area contributed by atoms with Crippen molar-refractivity contribution in [1.82, 2.24) is 4.90 Å². The first kappa shape index (κ1) is 10.9. The highest BCUT2D eigenvalue weighted by atomic mass is 16.3. The lowest BCUT2D eigenvalue weighted by molar-refractivity contribution is -0.149. The van der Waals surface area contributed by atoms with E-state index in [9.17, 15) is 4.79 Å². The monoisotopic (exact) mass is 212 g/mol. The first-order chi connectivity index (χ1) is 7.22. The minimum Gasteiger partial charge on any atom is -0.396 e. The van der Waals surface area contributed by atoms with Crippen LogP contribution in [0, 0.1) is 11.3 Å². The molecule has 0 aromatic rings. The minimum absolute atomic E-state index is 0.194. The Morgan fingerprint density at radius 1 is 1.40 bits per heavy atom. The van der Waals surface area contributed by atoms with Gasteiger partial charge in [-0.2, -0.15) is 0 Å². The second-order valence-corrected chi connectivity index (χ2v) is 4.95. The van der Waals surface area contributed by atoms with Gasteiger partial charge >= 0.3 is 0 Å². The minimum atomic E-state index is -0.263. The number of amides is 1. The standard InChI is InChI=1S/C11H20N2O2/c12-8-11(3-1-2-4-11)10(15)13-5-9(6-13)7-14/h9,14H,1-8,12H2. The zero-order chi connectivity index (χ0) is 10.9. The van der Waals surface area contributed by atoms with Crippen molar-refractivity contribution in [3.63, 3.8) is 0 Å². The van der Waals surface area contributed by atoms with E-state index in [0.717, 1.165) is 38.8 Å². The van der Waals surface area contributed by atoms with Crippen LogP contribution in [0.1, 0.15) is 25.7 Å². The van der Waals surface area contributed by atoms with Crippen molar-refractivity contribution in [2.75, 3.05) is 26.2 Å². The molecular weight excluding hydrogens is 192 g/mol. The summed E-state index contributed by atoms with van der Waals surface area (Å²) in [6.07, 6.45) is 4.14. The van der Waals surface area contributed by atoms with Crippen LogP contribution in [0.4, 0.5) is 0 Å². The topological polar surface area (TPSA) is 66.6 Å². The Morgan fingerprint density at radius 3 is 2.47 bits per heavy atom. The molecule has 1 amide bonds. The van der Waals surface area contributed by atoms with Crippen LogP contribution in [0.2, 0.25) is 0 Å². The van der Waals surface area contributed by atoms with Crippen LogP contribution in [-0.2, 0) is 4.79 Å². The lowest BCUT2D eigenvalue weighted by atomic mass is 9.83. The predicted molar refractivity (Wildman–Crippen MR) is 57.1 cm³/mol. The SMILES string of the molecule is NCC1(C(=O)N2CC(CO)C2)CCCC1. The number of carbonyl (C=O) groups is 1. The van der Waals surface area contributed by atoms with Crippen molar-refractivity contribution in [3.05, 3.63) is 0 Å². The van der Waals surface area contributed by atoms with Gasteiger partial charge < -0.3 is 15.7 Å². The summed E-state index contributed by atoms with van der Waals surface area (Å²) >= 11 is 0. The second-order valence-electron chi connectivity index (χ2n) is 4.95. The molecule has 0 radical (unpaired) electrons. The van der Waals surface area contributed by atoms with Crippen LogP contribution >= 0.6 is 0 Å². The summed E-state index contributed by atoms with van der Waals surface area (Å²) in [6.45, 7) is 2.11. The van der Waals surface area contributed by atoms with Crippen LogP contribution in [0.15, 0.2) is 0 Å². The van der Waals surface area contributed by atoms with Gasteiger partial charge in [-0.3, -0.25) is 4.79 Å². The summed E-state index contributed by atoms with van der Waals surface area (Å²) < 4.78 is 0. The molecule has 1 aliphatic carbocycles. The van der Waals surface area contributed by atoms with E-state index in [-0.39, 0.29) is 17.9 Å². The lowest BCUT2D eigenvalue weighted by Crippen LogP contribution is -2.57. The first-order valence-corrected chi connectivity index (χ1v) is 5.82. The number of aliphatic hydroxyl groups is 1. The van der Waals surface area contributed by atoms with Gasteiger partial charge in [0.2, 0.25) is 5.91 Å². The molecule has 4 heteroatoms. The van der Waals surface area contributed by atoms with Gasteiger partial charge in [-0.05, 0) is 12.8 Å². The molecule has 3 N–H and O–H groups in total. The van der Waals surface area contributed by atoms with Gasteiger partial charge in [0, 0.05) is 32.2 Å². The molecule has 1 heterocycles. The Balaban J connectivity index is 1.95. The molecule has 1 aliphatic heterocycles. The molecule has 0 unspecified atom stereocenters. The first-order valence-electron chi connectivity index (χ1n) is 5.82. The maximum Gasteiger partial charge on any atom is 0.230 e. The number of rotatable bonds is 3. The number of carbonyl (C=O) groups excluding carboxylic acids is 1. The Morgan fingerprint density at radius 2 is 2.00 bits per heavy atom. The lowest BCUT2D eigenvalue weighted by Gasteiger charge is -2.43. The quantitative estimate of drug-likeness (QED) is 0.689. The fourth-order valence-corrected chi connectivity index (χ4v) is 2.74. The number of aliphatic hydroxyl groups excluding tert-OH is 1. The highest BCUT2D eigenvalue weighted by Gasteiger charge is 2.45. The molecule has 0 aromatic carbocycles. The molecule has 2 aliphatic rings.